The quantitative estimate of drug-likeness (QED) is 0.896. The van der Waals surface area contributed by atoms with Crippen LogP contribution in [0, 0.1) is 0 Å². The fourth-order valence-corrected chi connectivity index (χ4v) is 3.99. The van der Waals surface area contributed by atoms with Crippen LogP contribution in [-0.2, 0) is 6.54 Å². The molecule has 0 radical (unpaired) electrons. The van der Waals surface area contributed by atoms with E-state index in [0.717, 1.165) is 19.1 Å². The van der Waals surface area contributed by atoms with E-state index in [1.165, 1.54) is 43.6 Å². The topological polar surface area (TPSA) is 32.5 Å². The lowest BCUT2D eigenvalue weighted by Gasteiger charge is -2.48. The molecule has 2 heterocycles. The Hall–Kier alpha value is -0.420. The third-order valence-corrected chi connectivity index (χ3v) is 5.66. The number of hydrogen-bond acceptors (Lipinski definition) is 4. The molecule has 0 aromatic carbocycles. The number of nitrogens with two attached hydrogens (primary N) is 1. The van der Waals surface area contributed by atoms with Crippen molar-refractivity contribution in [2.24, 2.45) is 5.73 Å². The highest BCUT2D eigenvalue weighted by Crippen LogP contribution is 2.39. The van der Waals surface area contributed by atoms with E-state index in [-0.39, 0.29) is 5.54 Å². The molecule has 2 fully saturated rings. The molecule has 1 saturated carbocycles. The molecule has 1 aromatic heterocycles. The van der Waals surface area contributed by atoms with Crippen LogP contribution in [-0.4, -0.2) is 48.1 Å². The van der Waals surface area contributed by atoms with Crippen molar-refractivity contribution in [1.82, 2.24) is 9.80 Å². The Morgan fingerprint density at radius 2 is 2.16 bits per heavy atom. The van der Waals surface area contributed by atoms with Crippen LogP contribution >= 0.6 is 11.3 Å². The standard InChI is InChI=1S/C15H25N3S/c1-17-8-6-15(12-16,7-9-17)18(13-4-5-13)11-14-3-2-10-19-14/h2-3,10,13H,4-9,11-12,16H2,1H3. The summed E-state index contributed by atoms with van der Waals surface area (Å²) in [5.74, 6) is 0. The zero-order chi connectivity index (χ0) is 13.3. The maximum absolute atomic E-state index is 6.22. The third kappa shape index (κ3) is 2.87. The van der Waals surface area contributed by atoms with Crippen molar-refractivity contribution in [3.8, 4) is 0 Å². The van der Waals surface area contributed by atoms with Crippen molar-refractivity contribution in [1.29, 1.82) is 0 Å². The lowest BCUT2D eigenvalue weighted by atomic mass is 9.85. The number of thiophene rings is 1. The molecule has 2 N–H and O–H groups in total. The van der Waals surface area contributed by atoms with Crippen LogP contribution in [0.25, 0.3) is 0 Å². The molecule has 1 saturated heterocycles. The molecule has 0 bridgehead atoms. The molecule has 106 valence electrons. The minimum atomic E-state index is 0.248. The SMILES string of the molecule is CN1CCC(CN)(N(Cc2cccs2)C2CC2)CC1. The molecular formula is C15H25N3S. The molecule has 0 atom stereocenters. The first-order valence-electron chi connectivity index (χ1n) is 7.41. The summed E-state index contributed by atoms with van der Waals surface area (Å²) < 4.78 is 0. The van der Waals surface area contributed by atoms with E-state index in [0.29, 0.717) is 0 Å². The Balaban J connectivity index is 1.77. The summed E-state index contributed by atoms with van der Waals surface area (Å²) in [6.45, 7) is 4.28. The second-order valence-corrected chi connectivity index (χ2v) is 7.20. The lowest BCUT2D eigenvalue weighted by molar-refractivity contribution is 0.0214. The van der Waals surface area contributed by atoms with Gasteiger partial charge in [0.05, 0.1) is 0 Å². The van der Waals surface area contributed by atoms with Crippen LogP contribution in [0.4, 0.5) is 0 Å². The van der Waals surface area contributed by atoms with Gasteiger partial charge in [0.1, 0.15) is 0 Å². The summed E-state index contributed by atoms with van der Waals surface area (Å²) >= 11 is 1.88. The summed E-state index contributed by atoms with van der Waals surface area (Å²) in [5.41, 5.74) is 6.47. The van der Waals surface area contributed by atoms with Gasteiger partial charge in [0, 0.05) is 29.5 Å². The fraction of sp³-hybridized carbons (Fsp3) is 0.733. The first-order chi connectivity index (χ1) is 9.23. The molecule has 3 nitrogen and oxygen atoms in total. The number of likely N-dealkylation sites (tertiary alicyclic amines) is 1. The molecule has 4 heteroatoms. The lowest BCUT2D eigenvalue weighted by Crippen LogP contribution is -2.59. The number of piperidine rings is 1. The summed E-state index contributed by atoms with van der Waals surface area (Å²) in [4.78, 5) is 6.66. The Bertz CT molecular complexity index is 392. The molecule has 3 rings (SSSR count). The van der Waals surface area contributed by atoms with E-state index < -0.39 is 0 Å². The van der Waals surface area contributed by atoms with E-state index in [9.17, 15) is 0 Å². The highest BCUT2D eigenvalue weighted by atomic mass is 32.1. The van der Waals surface area contributed by atoms with Gasteiger partial charge in [-0.05, 0) is 57.3 Å². The van der Waals surface area contributed by atoms with Crippen molar-refractivity contribution in [2.75, 3.05) is 26.7 Å². The van der Waals surface area contributed by atoms with E-state index in [2.05, 4.69) is 34.4 Å². The van der Waals surface area contributed by atoms with Crippen molar-refractivity contribution < 1.29 is 0 Å². The second-order valence-electron chi connectivity index (χ2n) is 6.17. The predicted molar refractivity (Wildman–Crippen MR) is 81.4 cm³/mol. The molecule has 0 unspecified atom stereocenters. The molecule has 0 spiro atoms. The van der Waals surface area contributed by atoms with Gasteiger partial charge in [-0.3, -0.25) is 4.90 Å². The zero-order valence-corrected chi connectivity index (χ0v) is 12.7. The summed E-state index contributed by atoms with van der Waals surface area (Å²) in [6.07, 6.45) is 5.18. The van der Waals surface area contributed by atoms with E-state index in [1.807, 2.05) is 11.3 Å². The van der Waals surface area contributed by atoms with Gasteiger partial charge in [0.25, 0.3) is 0 Å². The Labute approximate surface area is 120 Å². The van der Waals surface area contributed by atoms with E-state index in [4.69, 9.17) is 5.73 Å². The third-order valence-electron chi connectivity index (χ3n) is 4.80. The maximum atomic E-state index is 6.22. The molecule has 2 aliphatic rings. The highest BCUT2D eigenvalue weighted by molar-refractivity contribution is 7.09. The van der Waals surface area contributed by atoms with Crippen LogP contribution in [0.15, 0.2) is 17.5 Å². The molecule has 1 aliphatic carbocycles. The van der Waals surface area contributed by atoms with Crippen molar-refractivity contribution in [3.63, 3.8) is 0 Å². The minimum Gasteiger partial charge on any atom is -0.329 e. The van der Waals surface area contributed by atoms with Crippen LogP contribution < -0.4 is 5.73 Å². The minimum absolute atomic E-state index is 0.248. The fourth-order valence-electron chi connectivity index (χ4n) is 3.28. The average Bonchev–Trinajstić information content (AvgIpc) is 3.14. The zero-order valence-electron chi connectivity index (χ0n) is 11.8. The molecule has 1 aliphatic heterocycles. The van der Waals surface area contributed by atoms with Crippen LogP contribution in [0.1, 0.15) is 30.6 Å². The van der Waals surface area contributed by atoms with Gasteiger partial charge in [0.15, 0.2) is 0 Å². The van der Waals surface area contributed by atoms with E-state index in [1.54, 1.807) is 0 Å². The Kier molecular flexibility index (Phi) is 3.94. The van der Waals surface area contributed by atoms with Crippen LogP contribution in [0.5, 0.6) is 0 Å². The van der Waals surface area contributed by atoms with Gasteiger partial charge in [-0.2, -0.15) is 0 Å². The van der Waals surface area contributed by atoms with Crippen LogP contribution in [0.3, 0.4) is 0 Å². The average molecular weight is 279 g/mol. The van der Waals surface area contributed by atoms with Gasteiger partial charge in [-0.1, -0.05) is 6.07 Å². The Morgan fingerprint density at radius 3 is 2.68 bits per heavy atom. The molecular weight excluding hydrogens is 254 g/mol. The number of hydrogen-bond donors (Lipinski definition) is 1. The second kappa shape index (κ2) is 5.52. The Morgan fingerprint density at radius 1 is 1.42 bits per heavy atom. The number of nitrogens with zero attached hydrogens (tertiary/aromatic N) is 2. The van der Waals surface area contributed by atoms with E-state index >= 15 is 0 Å². The summed E-state index contributed by atoms with van der Waals surface area (Å²) in [6, 6.07) is 5.21. The van der Waals surface area contributed by atoms with Crippen molar-refractivity contribution in [2.45, 2.75) is 43.8 Å². The molecule has 1 aromatic rings. The normalized spacial score (nSPS) is 23.9. The smallest absolute Gasteiger partial charge is 0.0362 e. The van der Waals surface area contributed by atoms with Gasteiger partial charge in [-0.15, -0.1) is 11.3 Å². The largest absolute Gasteiger partial charge is 0.329 e. The molecule has 0 amide bonds. The van der Waals surface area contributed by atoms with Crippen molar-refractivity contribution in [3.05, 3.63) is 22.4 Å². The number of rotatable bonds is 5. The highest BCUT2D eigenvalue weighted by Gasteiger charge is 2.44. The summed E-state index contributed by atoms with van der Waals surface area (Å²) in [5, 5.41) is 2.18. The predicted octanol–water partition coefficient (Wildman–Crippen LogP) is 2.14. The van der Waals surface area contributed by atoms with Gasteiger partial charge >= 0.3 is 0 Å². The van der Waals surface area contributed by atoms with Crippen molar-refractivity contribution >= 4 is 11.3 Å². The van der Waals surface area contributed by atoms with Gasteiger partial charge in [-0.25, -0.2) is 0 Å². The monoisotopic (exact) mass is 279 g/mol. The summed E-state index contributed by atoms with van der Waals surface area (Å²) in [7, 11) is 2.22. The first-order valence-corrected chi connectivity index (χ1v) is 8.29. The van der Waals surface area contributed by atoms with Crippen LogP contribution in [0.2, 0.25) is 0 Å². The molecule has 19 heavy (non-hydrogen) atoms. The maximum Gasteiger partial charge on any atom is 0.0362 e. The van der Waals surface area contributed by atoms with Gasteiger partial charge in [0.2, 0.25) is 0 Å². The van der Waals surface area contributed by atoms with Gasteiger partial charge < -0.3 is 10.6 Å². The first kappa shape index (κ1) is 13.6.